The largest absolute Gasteiger partial charge is 0.377 e. The van der Waals surface area contributed by atoms with Crippen molar-refractivity contribution in [1.29, 1.82) is 0 Å². The predicted molar refractivity (Wildman–Crippen MR) is 98.3 cm³/mol. The minimum absolute atomic E-state index is 0.0634. The quantitative estimate of drug-likeness (QED) is 0.882. The van der Waals surface area contributed by atoms with Crippen LogP contribution in [0.15, 0.2) is 30.5 Å². The van der Waals surface area contributed by atoms with E-state index >= 15 is 0 Å². The van der Waals surface area contributed by atoms with Crippen LogP contribution in [-0.4, -0.2) is 29.1 Å². The minimum Gasteiger partial charge on any atom is -0.377 e. The van der Waals surface area contributed by atoms with Crippen molar-refractivity contribution < 1.29 is 9.53 Å². The summed E-state index contributed by atoms with van der Waals surface area (Å²) < 4.78 is 5.90. The van der Waals surface area contributed by atoms with Gasteiger partial charge in [0.15, 0.2) is 0 Å². The molecule has 4 rings (SSSR count). The molecule has 3 unspecified atom stereocenters. The first kappa shape index (κ1) is 16.5. The first-order valence-electron chi connectivity index (χ1n) is 8.93. The summed E-state index contributed by atoms with van der Waals surface area (Å²) in [7, 11) is 0. The van der Waals surface area contributed by atoms with Crippen LogP contribution in [0.5, 0.6) is 0 Å². The summed E-state index contributed by atoms with van der Waals surface area (Å²) in [6, 6.07) is 7.77. The normalized spacial score (nSPS) is 30.4. The van der Waals surface area contributed by atoms with Crippen LogP contribution in [0.25, 0.3) is 10.9 Å². The standard InChI is InChI=1S/C20H25N3O2/c1-12-8-9-15(13-6-4-10-22-16(12)13)23-18(24)20(21)14-7-5-11-25-17(14)19(20,2)3/h4,6,8-10,14,17H,5,7,11,21H2,1-3H3,(H,23,24). The molecule has 1 saturated heterocycles. The molecule has 3 N–H and O–H groups in total. The number of benzene rings is 1. The van der Waals surface area contributed by atoms with Crippen LogP contribution in [-0.2, 0) is 9.53 Å². The van der Waals surface area contributed by atoms with Crippen LogP contribution < -0.4 is 11.1 Å². The molecule has 2 fully saturated rings. The summed E-state index contributed by atoms with van der Waals surface area (Å²) in [5.41, 5.74) is 8.13. The second-order valence-corrected chi connectivity index (χ2v) is 7.91. The fraction of sp³-hybridized carbons (Fsp3) is 0.500. The van der Waals surface area contributed by atoms with Gasteiger partial charge >= 0.3 is 0 Å². The van der Waals surface area contributed by atoms with E-state index in [2.05, 4.69) is 10.3 Å². The molecule has 2 aliphatic rings. The molecule has 2 heterocycles. The third kappa shape index (κ3) is 2.15. The number of nitrogens with one attached hydrogen (secondary N) is 1. The third-order valence-corrected chi connectivity index (χ3v) is 6.28. The number of pyridine rings is 1. The fourth-order valence-corrected chi connectivity index (χ4v) is 4.69. The van der Waals surface area contributed by atoms with Crippen LogP contribution in [0.3, 0.4) is 0 Å². The number of hydrogen-bond donors (Lipinski definition) is 2. The molecule has 1 aliphatic heterocycles. The Balaban J connectivity index is 1.68. The molecule has 0 radical (unpaired) electrons. The highest BCUT2D eigenvalue weighted by Crippen LogP contribution is 2.57. The lowest BCUT2D eigenvalue weighted by Gasteiger charge is -2.65. The number of fused-ring (bicyclic) bond motifs is 2. The molecule has 1 aromatic carbocycles. The average molecular weight is 339 g/mol. The zero-order chi connectivity index (χ0) is 17.8. The molecule has 3 atom stereocenters. The second kappa shape index (κ2) is 5.51. The molecule has 132 valence electrons. The Bertz CT molecular complexity index is 848. The molecule has 25 heavy (non-hydrogen) atoms. The van der Waals surface area contributed by atoms with Crippen molar-refractivity contribution in [3.8, 4) is 0 Å². The van der Waals surface area contributed by atoms with Crippen LogP contribution in [0.4, 0.5) is 5.69 Å². The average Bonchev–Trinajstić information content (AvgIpc) is 2.63. The Morgan fingerprint density at radius 3 is 2.96 bits per heavy atom. The number of carbonyl (C=O) groups is 1. The van der Waals surface area contributed by atoms with E-state index in [-0.39, 0.29) is 23.3 Å². The van der Waals surface area contributed by atoms with E-state index in [0.29, 0.717) is 0 Å². The number of carbonyl (C=O) groups excluding carboxylic acids is 1. The molecule has 5 nitrogen and oxygen atoms in total. The molecular formula is C20H25N3O2. The first-order valence-corrected chi connectivity index (χ1v) is 8.93. The highest BCUT2D eigenvalue weighted by Gasteiger charge is 2.70. The summed E-state index contributed by atoms with van der Waals surface area (Å²) in [6.45, 7) is 6.85. The number of rotatable bonds is 2. The number of hydrogen-bond acceptors (Lipinski definition) is 4. The van der Waals surface area contributed by atoms with Gasteiger partial charge in [0, 0.05) is 29.5 Å². The molecule has 0 bridgehead atoms. The van der Waals surface area contributed by atoms with Crippen molar-refractivity contribution >= 4 is 22.5 Å². The van der Waals surface area contributed by atoms with Gasteiger partial charge in [-0.1, -0.05) is 19.9 Å². The van der Waals surface area contributed by atoms with Gasteiger partial charge in [-0.25, -0.2) is 0 Å². The van der Waals surface area contributed by atoms with E-state index in [4.69, 9.17) is 10.5 Å². The molecule has 5 heteroatoms. The van der Waals surface area contributed by atoms with Gasteiger partial charge in [0.05, 0.1) is 17.3 Å². The van der Waals surface area contributed by atoms with Crippen molar-refractivity contribution in [2.45, 2.75) is 45.3 Å². The Morgan fingerprint density at radius 1 is 1.36 bits per heavy atom. The van der Waals surface area contributed by atoms with E-state index < -0.39 is 5.54 Å². The molecule has 0 spiro atoms. The molecule has 1 aliphatic carbocycles. The summed E-state index contributed by atoms with van der Waals surface area (Å²) in [4.78, 5) is 17.6. The zero-order valence-corrected chi connectivity index (χ0v) is 15.0. The summed E-state index contributed by atoms with van der Waals surface area (Å²) in [5.74, 6) is -0.0515. The van der Waals surface area contributed by atoms with Gasteiger partial charge in [-0.3, -0.25) is 9.78 Å². The molecular weight excluding hydrogens is 314 g/mol. The van der Waals surface area contributed by atoms with Crippen molar-refractivity contribution in [3.05, 3.63) is 36.0 Å². The van der Waals surface area contributed by atoms with Gasteiger partial charge < -0.3 is 15.8 Å². The molecule has 1 amide bonds. The number of aryl methyl sites for hydroxylation is 1. The summed E-state index contributed by atoms with van der Waals surface area (Å²) >= 11 is 0. The number of aromatic nitrogens is 1. The predicted octanol–water partition coefficient (Wildman–Crippen LogP) is 3.01. The highest BCUT2D eigenvalue weighted by atomic mass is 16.5. The lowest BCUT2D eigenvalue weighted by Crippen LogP contribution is -2.81. The maximum Gasteiger partial charge on any atom is 0.245 e. The van der Waals surface area contributed by atoms with Gasteiger partial charge in [0.2, 0.25) is 5.91 Å². The molecule has 2 aromatic rings. The van der Waals surface area contributed by atoms with Gasteiger partial charge in [-0.2, -0.15) is 0 Å². The number of ether oxygens (including phenoxy) is 1. The van der Waals surface area contributed by atoms with E-state index in [1.807, 2.05) is 45.0 Å². The Labute approximate surface area is 148 Å². The molecule has 1 saturated carbocycles. The summed E-state index contributed by atoms with van der Waals surface area (Å²) in [6.07, 6.45) is 3.73. The van der Waals surface area contributed by atoms with E-state index in [1.54, 1.807) is 6.20 Å². The summed E-state index contributed by atoms with van der Waals surface area (Å²) in [5, 5.41) is 4.02. The van der Waals surface area contributed by atoms with E-state index in [9.17, 15) is 4.79 Å². The zero-order valence-electron chi connectivity index (χ0n) is 15.0. The first-order chi connectivity index (χ1) is 11.9. The number of nitrogens with zero attached hydrogens (tertiary/aromatic N) is 1. The fourth-order valence-electron chi connectivity index (χ4n) is 4.69. The lowest BCUT2D eigenvalue weighted by atomic mass is 9.46. The van der Waals surface area contributed by atoms with Crippen LogP contribution in [0.2, 0.25) is 0 Å². The van der Waals surface area contributed by atoms with Gasteiger partial charge in [-0.05, 0) is 43.5 Å². The minimum atomic E-state index is -0.919. The molecule has 1 aromatic heterocycles. The highest BCUT2D eigenvalue weighted by molar-refractivity contribution is 6.06. The van der Waals surface area contributed by atoms with Crippen molar-refractivity contribution in [3.63, 3.8) is 0 Å². The van der Waals surface area contributed by atoms with E-state index in [1.165, 1.54) is 0 Å². The van der Waals surface area contributed by atoms with Crippen molar-refractivity contribution in [1.82, 2.24) is 4.98 Å². The van der Waals surface area contributed by atoms with E-state index in [0.717, 1.165) is 41.6 Å². The SMILES string of the molecule is Cc1ccc(NC(=O)C2(N)C3CCCOC3C2(C)C)c2cccnc12. The maximum atomic E-state index is 13.2. The Morgan fingerprint density at radius 2 is 2.16 bits per heavy atom. The Hall–Kier alpha value is -1.98. The van der Waals surface area contributed by atoms with Crippen molar-refractivity contribution in [2.24, 2.45) is 17.1 Å². The van der Waals surface area contributed by atoms with Gasteiger partial charge in [0.1, 0.15) is 5.54 Å². The topological polar surface area (TPSA) is 77.2 Å². The smallest absolute Gasteiger partial charge is 0.245 e. The monoisotopic (exact) mass is 339 g/mol. The van der Waals surface area contributed by atoms with Crippen LogP contribution in [0, 0.1) is 18.3 Å². The van der Waals surface area contributed by atoms with Gasteiger partial charge in [0.25, 0.3) is 0 Å². The maximum absolute atomic E-state index is 13.2. The number of nitrogens with two attached hydrogens (primary N) is 1. The van der Waals surface area contributed by atoms with Crippen molar-refractivity contribution in [2.75, 3.05) is 11.9 Å². The Kier molecular flexibility index (Phi) is 3.63. The third-order valence-electron chi connectivity index (χ3n) is 6.28. The number of amides is 1. The lowest BCUT2D eigenvalue weighted by molar-refractivity contribution is -0.222. The second-order valence-electron chi connectivity index (χ2n) is 7.91. The number of anilines is 1. The van der Waals surface area contributed by atoms with Crippen LogP contribution in [0.1, 0.15) is 32.3 Å². The van der Waals surface area contributed by atoms with Crippen LogP contribution >= 0.6 is 0 Å². The van der Waals surface area contributed by atoms with Gasteiger partial charge in [-0.15, -0.1) is 0 Å².